The average Bonchev–Trinajstić information content (AvgIpc) is 2.65. The molecule has 2 fully saturated rings. The molecule has 1 saturated heterocycles. The number of nitrogens with zero attached hydrogens (tertiary/aromatic N) is 2. The molecule has 1 aliphatic heterocycles. The quantitative estimate of drug-likeness (QED) is 0.274. The molecule has 1 saturated carbocycles. The average molecular weight is 496 g/mol. The maximum absolute atomic E-state index is 10.7. The van der Waals surface area contributed by atoms with Gasteiger partial charge in [0.05, 0.1) is 25.4 Å². The van der Waals surface area contributed by atoms with Crippen LogP contribution < -0.4 is 10.6 Å². The van der Waals surface area contributed by atoms with Gasteiger partial charge in [0.2, 0.25) is 0 Å². The first kappa shape index (κ1) is 24.9. The van der Waals surface area contributed by atoms with Crippen LogP contribution >= 0.6 is 24.0 Å². The van der Waals surface area contributed by atoms with Crippen LogP contribution in [0.25, 0.3) is 0 Å². The number of hydrogen-bond acceptors (Lipinski definition) is 4. The van der Waals surface area contributed by atoms with E-state index < -0.39 is 5.60 Å². The van der Waals surface area contributed by atoms with E-state index in [1.807, 2.05) is 6.92 Å². The van der Waals surface area contributed by atoms with E-state index in [4.69, 9.17) is 4.74 Å². The molecule has 7 heteroatoms. The summed E-state index contributed by atoms with van der Waals surface area (Å²) in [4.78, 5) is 6.91. The molecular formula is C20H41IN4O2. The van der Waals surface area contributed by atoms with Gasteiger partial charge in [0.1, 0.15) is 0 Å². The lowest BCUT2D eigenvalue weighted by Crippen LogP contribution is -2.48. The summed E-state index contributed by atoms with van der Waals surface area (Å²) in [5.74, 6) is 2.51. The molecule has 3 N–H and O–H groups in total. The molecule has 0 spiro atoms. The predicted octanol–water partition coefficient (Wildman–Crippen LogP) is 2.46. The van der Waals surface area contributed by atoms with Crippen LogP contribution in [0.15, 0.2) is 4.99 Å². The summed E-state index contributed by atoms with van der Waals surface area (Å²) in [7, 11) is 0. The minimum Gasteiger partial charge on any atom is -0.387 e. The number of ether oxygens (including phenoxy) is 1. The van der Waals surface area contributed by atoms with Gasteiger partial charge in [0.15, 0.2) is 5.96 Å². The van der Waals surface area contributed by atoms with Crippen molar-refractivity contribution in [1.29, 1.82) is 0 Å². The maximum atomic E-state index is 10.7. The van der Waals surface area contributed by atoms with Crippen molar-refractivity contribution in [1.82, 2.24) is 15.5 Å². The molecule has 0 radical (unpaired) electrons. The summed E-state index contributed by atoms with van der Waals surface area (Å²) in [5, 5.41) is 17.5. The second-order valence-electron chi connectivity index (χ2n) is 8.26. The number of halogens is 1. The van der Waals surface area contributed by atoms with E-state index in [0.717, 1.165) is 57.2 Å². The Morgan fingerprint density at radius 1 is 1.11 bits per heavy atom. The van der Waals surface area contributed by atoms with Crippen molar-refractivity contribution in [2.75, 3.05) is 52.5 Å². The van der Waals surface area contributed by atoms with E-state index in [1.165, 1.54) is 32.1 Å². The Bertz CT molecular complexity index is 420. The molecule has 0 amide bonds. The number of nitrogens with one attached hydrogen (secondary N) is 2. The summed E-state index contributed by atoms with van der Waals surface area (Å²) >= 11 is 0. The van der Waals surface area contributed by atoms with Crippen LogP contribution in [0.2, 0.25) is 0 Å². The highest BCUT2D eigenvalue weighted by atomic mass is 127. The third kappa shape index (κ3) is 9.76. The number of guanidine groups is 1. The van der Waals surface area contributed by atoms with Crippen LogP contribution in [0.4, 0.5) is 0 Å². The summed E-state index contributed by atoms with van der Waals surface area (Å²) in [5.41, 5.74) is -0.821. The molecule has 1 heterocycles. The summed E-state index contributed by atoms with van der Waals surface area (Å²) in [6, 6.07) is 0. The normalized spacial score (nSPS) is 26.7. The van der Waals surface area contributed by atoms with Gasteiger partial charge < -0.3 is 20.5 Å². The molecule has 2 rings (SSSR count). The standard InChI is InChI=1S/C20H40N4O2.HI/c1-4-17-6-8-18(9-7-17)14-22-19(21-5-2)23-15-20(3,25)16-24-10-12-26-13-11-24;/h17-18,25H,4-16H2,1-3H3,(H2,21,22,23);1H. The highest BCUT2D eigenvalue weighted by molar-refractivity contribution is 14.0. The zero-order valence-electron chi connectivity index (χ0n) is 17.5. The fourth-order valence-electron chi connectivity index (χ4n) is 3.97. The SMILES string of the molecule is CCNC(=NCC(C)(O)CN1CCOCC1)NCC1CCC(CC)CC1.I. The zero-order chi connectivity index (χ0) is 18.8. The van der Waals surface area contributed by atoms with Gasteiger partial charge in [0.25, 0.3) is 0 Å². The number of rotatable bonds is 8. The fourth-order valence-corrected chi connectivity index (χ4v) is 3.97. The molecule has 1 aliphatic carbocycles. The Labute approximate surface area is 182 Å². The lowest BCUT2D eigenvalue weighted by Gasteiger charge is -2.33. The first-order valence-corrected chi connectivity index (χ1v) is 10.6. The van der Waals surface area contributed by atoms with Gasteiger partial charge in [0, 0.05) is 32.7 Å². The third-order valence-electron chi connectivity index (χ3n) is 5.69. The number of β-amino-alcohol motifs (C(OH)–C–C–N with tert-alkyl or cyclic N) is 1. The molecule has 1 atom stereocenters. The van der Waals surface area contributed by atoms with E-state index in [9.17, 15) is 5.11 Å². The maximum Gasteiger partial charge on any atom is 0.191 e. The summed E-state index contributed by atoms with van der Waals surface area (Å²) < 4.78 is 5.38. The van der Waals surface area contributed by atoms with Crippen LogP contribution in [0.5, 0.6) is 0 Å². The summed E-state index contributed by atoms with van der Waals surface area (Å²) in [6.07, 6.45) is 6.69. The van der Waals surface area contributed by atoms with Crippen molar-refractivity contribution in [2.45, 2.75) is 58.5 Å². The molecular weight excluding hydrogens is 455 g/mol. The second-order valence-corrected chi connectivity index (χ2v) is 8.26. The Kier molecular flexibility index (Phi) is 12.2. The minimum atomic E-state index is -0.821. The van der Waals surface area contributed by atoms with Gasteiger partial charge in [-0.05, 0) is 38.5 Å². The molecule has 160 valence electrons. The zero-order valence-corrected chi connectivity index (χ0v) is 19.8. The van der Waals surface area contributed by atoms with Crippen molar-refractivity contribution >= 4 is 29.9 Å². The third-order valence-corrected chi connectivity index (χ3v) is 5.69. The van der Waals surface area contributed by atoms with Crippen LogP contribution in [0, 0.1) is 11.8 Å². The Morgan fingerprint density at radius 3 is 2.33 bits per heavy atom. The van der Waals surface area contributed by atoms with Crippen molar-refractivity contribution in [3.05, 3.63) is 0 Å². The van der Waals surface area contributed by atoms with Crippen molar-refractivity contribution in [3.8, 4) is 0 Å². The van der Waals surface area contributed by atoms with Crippen molar-refractivity contribution in [3.63, 3.8) is 0 Å². The number of aliphatic hydroxyl groups is 1. The Morgan fingerprint density at radius 2 is 1.74 bits per heavy atom. The van der Waals surface area contributed by atoms with E-state index in [0.29, 0.717) is 13.1 Å². The number of aliphatic imine (C=N–C) groups is 1. The molecule has 1 unspecified atom stereocenters. The molecule has 27 heavy (non-hydrogen) atoms. The van der Waals surface area contributed by atoms with Crippen molar-refractivity contribution in [2.24, 2.45) is 16.8 Å². The molecule has 0 aromatic carbocycles. The molecule has 2 aliphatic rings. The van der Waals surface area contributed by atoms with Crippen LogP contribution in [0.1, 0.15) is 52.9 Å². The highest BCUT2D eigenvalue weighted by Gasteiger charge is 2.25. The molecule has 6 nitrogen and oxygen atoms in total. The molecule has 0 aromatic rings. The van der Waals surface area contributed by atoms with E-state index in [-0.39, 0.29) is 24.0 Å². The largest absolute Gasteiger partial charge is 0.387 e. The van der Waals surface area contributed by atoms with Gasteiger partial charge in [-0.2, -0.15) is 0 Å². The van der Waals surface area contributed by atoms with E-state index in [1.54, 1.807) is 0 Å². The van der Waals surface area contributed by atoms with Crippen molar-refractivity contribution < 1.29 is 9.84 Å². The fraction of sp³-hybridized carbons (Fsp3) is 0.950. The second kappa shape index (κ2) is 13.2. The minimum absolute atomic E-state index is 0. The van der Waals surface area contributed by atoms with Gasteiger partial charge in [-0.1, -0.05) is 26.2 Å². The monoisotopic (exact) mass is 496 g/mol. The lowest BCUT2D eigenvalue weighted by atomic mass is 9.81. The van der Waals surface area contributed by atoms with Crippen LogP contribution in [0.3, 0.4) is 0 Å². The topological polar surface area (TPSA) is 69.1 Å². The van der Waals surface area contributed by atoms with Gasteiger partial charge in [-0.25, -0.2) is 0 Å². The lowest BCUT2D eigenvalue weighted by molar-refractivity contribution is -0.0180. The highest BCUT2D eigenvalue weighted by Crippen LogP contribution is 2.30. The molecule has 0 aromatic heterocycles. The van der Waals surface area contributed by atoms with Gasteiger partial charge in [-0.15, -0.1) is 24.0 Å². The van der Waals surface area contributed by atoms with Crippen LogP contribution in [-0.2, 0) is 4.74 Å². The number of hydrogen-bond donors (Lipinski definition) is 3. The Balaban J connectivity index is 0.00000364. The summed E-state index contributed by atoms with van der Waals surface area (Å²) in [6.45, 7) is 12.4. The van der Waals surface area contributed by atoms with Gasteiger partial charge >= 0.3 is 0 Å². The first-order chi connectivity index (χ1) is 12.5. The predicted molar refractivity (Wildman–Crippen MR) is 123 cm³/mol. The smallest absolute Gasteiger partial charge is 0.191 e. The van der Waals surface area contributed by atoms with Gasteiger partial charge in [-0.3, -0.25) is 9.89 Å². The van der Waals surface area contributed by atoms with E-state index in [2.05, 4.69) is 34.4 Å². The Hall–Kier alpha value is -0.120. The first-order valence-electron chi connectivity index (χ1n) is 10.6. The van der Waals surface area contributed by atoms with E-state index >= 15 is 0 Å². The number of morpholine rings is 1. The van der Waals surface area contributed by atoms with Crippen LogP contribution in [-0.4, -0.2) is 74.0 Å². The molecule has 0 bridgehead atoms.